The minimum atomic E-state index is -0.540. The van der Waals surface area contributed by atoms with Gasteiger partial charge in [-0.1, -0.05) is 19.1 Å². The van der Waals surface area contributed by atoms with Crippen molar-refractivity contribution in [3.63, 3.8) is 0 Å². The Morgan fingerprint density at radius 2 is 1.92 bits per heavy atom. The van der Waals surface area contributed by atoms with Crippen molar-refractivity contribution in [2.24, 2.45) is 0 Å². The maximum absolute atomic E-state index is 14.5. The predicted molar refractivity (Wildman–Crippen MR) is 98.8 cm³/mol. The highest BCUT2D eigenvalue weighted by Crippen LogP contribution is 2.28. The summed E-state index contributed by atoms with van der Waals surface area (Å²) in [6, 6.07) is 7.31. The van der Waals surface area contributed by atoms with Crippen molar-refractivity contribution >= 4 is 26.8 Å². The van der Waals surface area contributed by atoms with Gasteiger partial charge in [-0.05, 0) is 60.0 Å². The molecule has 0 unspecified atom stereocenters. The molecule has 0 atom stereocenters. The zero-order valence-electron chi connectivity index (χ0n) is 14.1. The Balaban J connectivity index is 2.48. The number of nitrogens with zero attached hydrogens (tertiary/aromatic N) is 2. The van der Waals surface area contributed by atoms with Gasteiger partial charge >= 0.3 is 0 Å². The lowest BCUT2D eigenvalue weighted by atomic mass is 10.00. The lowest BCUT2D eigenvalue weighted by Crippen LogP contribution is -2.19. The molecule has 0 aliphatic carbocycles. The van der Waals surface area contributed by atoms with Gasteiger partial charge in [0.2, 0.25) is 5.43 Å². The summed E-state index contributed by atoms with van der Waals surface area (Å²) in [7, 11) is 0. The van der Waals surface area contributed by atoms with Crippen molar-refractivity contribution in [2.45, 2.75) is 33.2 Å². The van der Waals surface area contributed by atoms with Crippen molar-refractivity contribution in [3.05, 3.63) is 62.2 Å². The molecule has 0 bridgehead atoms. The van der Waals surface area contributed by atoms with Gasteiger partial charge in [0.1, 0.15) is 17.3 Å². The van der Waals surface area contributed by atoms with E-state index in [1.807, 2.05) is 20.8 Å². The Morgan fingerprint density at radius 1 is 1.20 bits per heavy atom. The first-order valence-electron chi connectivity index (χ1n) is 8.04. The van der Waals surface area contributed by atoms with Gasteiger partial charge in [0.05, 0.1) is 15.4 Å². The van der Waals surface area contributed by atoms with E-state index in [0.29, 0.717) is 17.5 Å². The van der Waals surface area contributed by atoms with Gasteiger partial charge < -0.3 is 0 Å². The molecule has 0 N–H and O–H groups in total. The molecule has 1 aromatic heterocycles. The van der Waals surface area contributed by atoms with Crippen LogP contribution in [-0.4, -0.2) is 9.78 Å². The second-order valence-electron chi connectivity index (χ2n) is 6.13. The van der Waals surface area contributed by atoms with Crippen LogP contribution < -0.4 is 5.43 Å². The highest BCUT2D eigenvalue weighted by atomic mass is 79.9. The van der Waals surface area contributed by atoms with Crippen LogP contribution in [0.2, 0.25) is 0 Å². The van der Waals surface area contributed by atoms with Crippen LogP contribution in [0.5, 0.6) is 0 Å². The van der Waals surface area contributed by atoms with Crippen molar-refractivity contribution in [3.8, 4) is 11.3 Å². The lowest BCUT2D eigenvalue weighted by Gasteiger charge is -2.17. The number of aromatic nitrogens is 2. The molecule has 130 valence electrons. The van der Waals surface area contributed by atoms with Crippen LogP contribution in [0.1, 0.15) is 32.4 Å². The van der Waals surface area contributed by atoms with Crippen LogP contribution >= 0.6 is 15.9 Å². The van der Waals surface area contributed by atoms with E-state index in [-0.39, 0.29) is 27.2 Å². The van der Waals surface area contributed by atoms with Gasteiger partial charge in [0.25, 0.3) is 0 Å². The van der Waals surface area contributed by atoms with E-state index in [4.69, 9.17) is 0 Å². The molecule has 0 saturated carbocycles. The monoisotopic (exact) mass is 406 g/mol. The average Bonchev–Trinajstić information content (AvgIpc) is 2.57. The third kappa shape index (κ3) is 2.99. The lowest BCUT2D eigenvalue weighted by molar-refractivity contribution is 0.541. The van der Waals surface area contributed by atoms with E-state index >= 15 is 0 Å². The van der Waals surface area contributed by atoms with Crippen LogP contribution in [0.25, 0.3) is 22.2 Å². The second-order valence-corrected chi connectivity index (χ2v) is 6.98. The van der Waals surface area contributed by atoms with E-state index in [2.05, 4.69) is 21.0 Å². The number of hydrogen-bond acceptors (Lipinski definition) is 2. The van der Waals surface area contributed by atoms with Crippen LogP contribution in [0.4, 0.5) is 8.78 Å². The molecule has 25 heavy (non-hydrogen) atoms. The molecule has 1 heterocycles. The van der Waals surface area contributed by atoms with Gasteiger partial charge in [-0.15, -0.1) is 0 Å². The smallest absolute Gasteiger partial charge is 0.216 e. The molecule has 0 saturated heterocycles. The summed E-state index contributed by atoms with van der Waals surface area (Å²) in [5.74, 6) is -1.04. The Morgan fingerprint density at radius 3 is 2.56 bits per heavy atom. The first-order valence-corrected chi connectivity index (χ1v) is 8.83. The molecule has 3 aromatic rings. The van der Waals surface area contributed by atoms with Gasteiger partial charge in [-0.3, -0.25) is 9.48 Å². The maximum Gasteiger partial charge on any atom is 0.216 e. The summed E-state index contributed by atoms with van der Waals surface area (Å²) in [4.78, 5) is 13.0. The van der Waals surface area contributed by atoms with Crippen LogP contribution in [-0.2, 0) is 6.42 Å². The van der Waals surface area contributed by atoms with Crippen LogP contribution in [0.15, 0.2) is 39.6 Å². The maximum atomic E-state index is 14.5. The fraction of sp³-hybridized carbons (Fsp3) is 0.263. The number of fused-ring (bicyclic) bond motifs is 1. The predicted octanol–water partition coefficient (Wildman–Crippen LogP) is 5.25. The fourth-order valence-electron chi connectivity index (χ4n) is 2.93. The van der Waals surface area contributed by atoms with Crippen molar-refractivity contribution in [1.29, 1.82) is 0 Å². The van der Waals surface area contributed by atoms with Gasteiger partial charge in [-0.25, -0.2) is 8.78 Å². The molecule has 3 nitrogen and oxygen atoms in total. The molecule has 0 aliphatic heterocycles. The van der Waals surface area contributed by atoms with Crippen LogP contribution in [0.3, 0.4) is 0 Å². The fourth-order valence-corrected chi connectivity index (χ4v) is 3.26. The Kier molecular flexibility index (Phi) is 4.73. The molecular weight excluding hydrogens is 390 g/mol. The van der Waals surface area contributed by atoms with E-state index in [9.17, 15) is 13.6 Å². The Labute approximate surface area is 152 Å². The van der Waals surface area contributed by atoms with Gasteiger partial charge in [0.15, 0.2) is 0 Å². The number of halogens is 3. The summed E-state index contributed by atoms with van der Waals surface area (Å²) in [6.07, 6.45) is 0.558. The number of aryl methyl sites for hydroxylation is 1. The summed E-state index contributed by atoms with van der Waals surface area (Å²) < 4.78 is 30.4. The molecule has 0 radical (unpaired) electrons. The molecule has 0 spiro atoms. The molecular formula is C19H17BrF2N2O. The van der Waals surface area contributed by atoms with E-state index in [1.54, 1.807) is 16.8 Å². The quantitative estimate of drug-likeness (QED) is 0.595. The zero-order chi connectivity index (χ0) is 18.3. The summed E-state index contributed by atoms with van der Waals surface area (Å²) in [5, 5.41) is 4.62. The molecule has 0 fully saturated rings. The van der Waals surface area contributed by atoms with Crippen molar-refractivity contribution < 1.29 is 8.78 Å². The minimum absolute atomic E-state index is 0.0119. The Bertz CT molecular complexity index is 1030. The number of rotatable bonds is 3. The van der Waals surface area contributed by atoms with Gasteiger partial charge in [-0.2, -0.15) is 5.10 Å². The largest absolute Gasteiger partial charge is 0.287 e. The molecule has 0 amide bonds. The number of hydrogen-bond donors (Lipinski definition) is 0. The van der Waals surface area contributed by atoms with Crippen LogP contribution in [0, 0.1) is 11.6 Å². The average molecular weight is 407 g/mol. The summed E-state index contributed by atoms with van der Waals surface area (Å²) in [5.41, 5.74) is 0.925. The Hall–Kier alpha value is -2.08. The first kappa shape index (κ1) is 17.7. The highest BCUT2D eigenvalue weighted by molar-refractivity contribution is 9.10. The first-order chi connectivity index (χ1) is 11.8. The van der Waals surface area contributed by atoms with E-state index < -0.39 is 17.1 Å². The molecule has 2 aromatic carbocycles. The topological polar surface area (TPSA) is 34.9 Å². The molecule has 6 heteroatoms. The van der Waals surface area contributed by atoms with Crippen molar-refractivity contribution in [2.75, 3.05) is 0 Å². The normalized spacial score (nSPS) is 11.5. The van der Waals surface area contributed by atoms with Gasteiger partial charge in [0, 0.05) is 11.6 Å². The standard InChI is InChI=1S/C19H17BrF2N2O/c1-4-11-6-5-7-14(21)17(11)18-19(25)12-8-15(22)13(20)9-16(12)24(23-18)10(2)3/h5-10H,4H2,1-3H3. The van der Waals surface area contributed by atoms with E-state index in [1.165, 1.54) is 18.2 Å². The van der Waals surface area contributed by atoms with Crippen molar-refractivity contribution in [1.82, 2.24) is 9.78 Å². The minimum Gasteiger partial charge on any atom is -0.287 e. The molecule has 3 rings (SSSR count). The summed E-state index contributed by atoms with van der Waals surface area (Å²) >= 11 is 3.14. The third-order valence-corrected chi connectivity index (χ3v) is 4.77. The number of benzene rings is 2. The zero-order valence-corrected chi connectivity index (χ0v) is 15.7. The molecule has 0 aliphatic rings. The second kappa shape index (κ2) is 6.67. The van der Waals surface area contributed by atoms with E-state index in [0.717, 1.165) is 0 Å². The highest BCUT2D eigenvalue weighted by Gasteiger charge is 2.20. The SMILES string of the molecule is CCc1cccc(F)c1-c1nn(C(C)C)c2cc(Br)c(F)cc2c1=O. The summed E-state index contributed by atoms with van der Waals surface area (Å²) in [6.45, 7) is 5.69. The third-order valence-electron chi connectivity index (χ3n) is 4.16.